The molecular weight excluding hydrogens is 174 g/mol. The van der Waals surface area contributed by atoms with Crippen molar-refractivity contribution < 1.29 is 19.5 Å². The van der Waals surface area contributed by atoms with E-state index < -0.39 is 19.5 Å². The van der Waals surface area contributed by atoms with Crippen LogP contribution in [0.25, 0.3) is 0 Å². The first-order chi connectivity index (χ1) is 6.06. The van der Waals surface area contributed by atoms with Gasteiger partial charge >= 0.3 is 7.12 Å². The minimum atomic E-state index is -1.63. The molecule has 5 heteroatoms. The maximum atomic E-state index is 13.1. The lowest BCUT2D eigenvalue weighted by Crippen LogP contribution is -2.30. The van der Waals surface area contributed by atoms with E-state index >= 15 is 0 Å². The largest absolute Gasteiger partial charge is 0.488 e. The van der Waals surface area contributed by atoms with Gasteiger partial charge in [0.05, 0.1) is 6.61 Å². The summed E-state index contributed by atoms with van der Waals surface area (Å²) < 4.78 is 13.1. The topological polar surface area (TPSA) is 60.7 Å². The van der Waals surface area contributed by atoms with E-state index in [1.54, 1.807) is 0 Å². The average Bonchev–Trinajstić information content (AvgIpc) is 2.09. The van der Waals surface area contributed by atoms with Gasteiger partial charge in [-0.15, -0.1) is 0 Å². The highest BCUT2D eigenvalue weighted by Crippen LogP contribution is 2.10. The third-order valence-electron chi connectivity index (χ3n) is 1.82. The second-order valence-corrected chi connectivity index (χ2v) is 2.84. The molecule has 0 fully saturated rings. The van der Waals surface area contributed by atoms with Crippen molar-refractivity contribution in [2.45, 2.75) is 13.5 Å². The average molecular weight is 184 g/mol. The van der Waals surface area contributed by atoms with Crippen molar-refractivity contribution in [3.8, 4) is 0 Å². The summed E-state index contributed by atoms with van der Waals surface area (Å²) >= 11 is 0. The summed E-state index contributed by atoms with van der Waals surface area (Å²) in [6.45, 7) is 1.05. The number of aliphatic hydroxyl groups is 1. The van der Waals surface area contributed by atoms with E-state index in [1.807, 2.05) is 0 Å². The van der Waals surface area contributed by atoms with Crippen LogP contribution in [0.5, 0.6) is 0 Å². The molecule has 1 aromatic carbocycles. The lowest BCUT2D eigenvalue weighted by atomic mass is 9.78. The first-order valence-electron chi connectivity index (χ1n) is 3.82. The van der Waals surface area contributed by atoms with Gasteiger partial charge in [0.25, 0.3) is 0 Å². The van der Waals surface area contributed by atoms with E-state index in [-0.39, 0.29) is 16.6 Å². The number of hydrogen-bond acceptors (Lipinski definition) is 3. The Labute approximate surface area is 75.6 Å². The zero-order valence-electron chi connectivity index (χ0n) is 7.16. The van der Waals surface area contributed by atoms with E-state index in [4.69, 9.17) is 15.2 Å². The molecule has 0 radical (unpaired) electrons. The van der Waals surface area contributed by atoms with Crippen LogP contribution in [0.3, 0.4) is 0 Å². The summed E-state index contributed by atoms with van der Waals surface area (Å²) in [5.74, 6) is -0.507. The molecule has 0 aliphatic rings. The summed E-state index contributed by atoms with van der Waals surface area (Å²) in [5.41, 5.74) is 0.542. The normalized spacial score (nSPS) is 10.2. The molecule has 3 nitrogen and oxygen atoms in total. The van der Waals surface area contributed by atoms with Crippen LogP contribution >= 0.6 is 0 Å². The molecule has 0 bridgehead atoms. The molecule has 1 aromatic rings. The van der Waals surface area contributed by atoms with Gasteiger partial charge in [-0.25, -0.2) is 4.39 Å². The molecule has 0 amide bonds. The summed E-state index contributed by atoms with van der Waals surface area (Å²) in [6.07, 6.45) is 0. The van der Waals surface area contributed by atoms with Crippen LogP contribution in [0.1, 0.15) is 11.1 Å². The summed E-state index contributed by atoms with van der Waals surface area (Å²) in [7, 11) is -1.63. The molecule has 0 aliphatic heterocycles. The highest BCUT2D eigenvalue weighted by atomic mass is 19.1. The van der Waals surface area contributed by atoms with Crippen LogP contribution in [0.15, 0.2) is 12.1 Å². The molecule has 0 saturated carbocycles. The smallest absolute Gasteiger partial charge is 0.423 e. The van der Waals surface area contributed by atoms with Gasteiger partial charge in [-0.05, 0) is 17.9 Å². The molecule has 0 saturated heterocycles. The lowest BCUT2D eigenvalue weighted by molar-refractivity contribution is 0.275. The molecule has 0 heterocycles. The number of rotatable bonds is 2. The SMILES string of the molecule is Cc1cc(B(O)O)cc(CO)c1F. The fourth-order valence-corrected chi connectivity index (χ4v) is 1.14. The third-order valence-corrected chi connectivity index (χ3v) is 1.82. The van der Waals surface area contributed by atoms with E-state index in [1.165, 1.54) is 19.1 Å². The predicted octanol–water partition coefficient (Wildman–Crippen LogP) is -0.694. The maximum absolute atomic E-state index is 13.1. The predicted molar refractivity (Wildman–Crippen MR) is 46.9 cm³/mol. The Morgan fingerprint density at radius 1 is 1.38 bits per heavy atom. The standard InChI is InChI=1S/C8H10BFO3/c1-5-2-7(9(12)13)3-6(4-11)8(5)10/h2-3,11-13H,4H2,1H3. The van der Waals surface area contributed by atoms with Gasteiger partial charge in [-0.3, -0.25) is 0 Å². The molecule has 0 aromatic heterocycles. The van der Waals surface area contributed by atoms with Gasteiger partial charge in [0.15, 0.2) is 0 Å². The Hall–Kier alpha value is -0.905. The molecular formula is C8H10BFO3. The highest BCUT2D eigenvalue weighted by Gasteiger charge is 2.15. The highest BCUT2D eigenvalue weighted by molar-refractivity contribution is 6.58. The minimum Gasteiger partial charge on any atom is -0.423 e. The van der Waals surface area contributed by atoms with Gasteiger partial charge in [-0.2, -0.15) is 0 Å². The molecule has 0 unspecified atom stereocenters. The van der Waals surface area contributed by atoms with Crippen molar-refractivity contribution in [3.05, 3.63) is 29.1 Å². The second kappa shape index (κ2) is 3.87. The quantitative estimate of drug-likeness (QED) is 0.533. The van der Waals surface area contributed by atoms with Gasteiger partial charge in [0.1, 0.15) is 5.82 Å². The van der Waals surface area contributed by atoms with Crippen molar-refractivity contribution in [3.63, 3.8) is 0 Å². The maximum Gasteiger partial charge on any atom is 0.488 e. The zero-order chi connectivity index (χ0) is 10.0. The molecule has 70 valence electrons. The van der Waals surface area contributed by atoms with Gasteiger partial charge in [0, 0.05) is 5.56 Å². The van der Waals surface area contributed by atoms with Gasteiger partial charge in [0.2, 0.25) is 0 Å². The number of benzene rings is 1. The second-order valence-electron chi connectivity index (χ2n) is 2.84. The fraction of sp³-hybridized carbons (Fsp3) is 0.250. The van der Waals surface area contributed by atoms with E-state index in [2.05, 4.69) is 0 Å². The third kappa shape index (κ3) is 2.06. The van der Waals surface area contributed by atoms with E-state index in [0.717, 1.165) is 0 Å². The molecule has 0 atom stereocenters. The summed E-state index contributed by atoms with van der Waals surface area (Å²) in [4.78, 5) is 0. The minimum absolute atomic E-state index is 0.0723. The Kier molecular flexibility index (Phi) is 3.03. The Balaban J connectivity index is 3.22. The van der Waals surface area contributed by atoms with Crippen LogP contribution in [0.2, 0.25) is 0 Å². The van der Waals surface area contributed by atoms with Gasteiger partial charge in [-0.1, -0.05) is 12.1 Å². The lowest BCUT2D eigenvalue weighted by Gasteiger charge is -2.06. The van der Waals surface area contributed by atoms with Crippen LogP contribution in [0, 0.1) is 12.7 Å². The van der Waals surface area contributed by atoms with Crippen molar-refractivity contribution in [1.82, 2.24) is 0 Å². The molecule has 13 heavy (non-hydrogen) atoms. The van der Waals surface area contributed by atoms with Crippen molar-refractivity contribution >= 4 is 12.6 Å². The van der Waals surface area contributed by atoms with Crippen molar-refractivity contribution in [2.24, 2.45) is 0 Å². The zero-order valence-corrected chi connectivity index (χ0v) is 7.16. The van der Waals surface area contributed by atoms with Crippen LogP contribution < -0.4 is 5.46 Å². The Morgan fingerprint density at radius 2 is 2.00 bits per heavy atom. The molecule has 1 rings (SSSR count). The van der Waals surface area contributed by atoms with Crippen LogP contribution in [0.4, 0.5) is 4.39 Å². The Morgan fingerprint density at radius 3 is 2.46 bits per heavy atom. The summed E-state index contributed by atoms with van der Waals surface area (Å²) in [6, 6.07) is 2.56. The first-order valence-corrected chi connectivity index (χ1v) is 3.82. The van der Waals surface area contributed by atoms with Crippen molar-refractivity contribution in [1.29, 1.82) is 0 Å². The fourth-order valence-electron chi connectivity index (χ4n) is 1.14. The molecule has 3 N–H and O–H groups in total. The van der Waals surface area contributed by atoms with Crippen LogP contribution in [-0.4, -0.2) is 22.3 Å². The summed E-state index contributed by atoms with van der Waals surface area (Å²) in [5, 5.41) is 26.4. The first kappa shape index (κ1) is 10.2. The number of aliphatic hydroxyl groups excluding tert-OH is 1. The number of aryl methyl sites for hydroxylation is 1. The van der Waals surface area contributed by atoms with Crippen molar-refractivity contribution in [2.75, 3.05) is 0 Å². The monoisotopic (exact) mass is 184 g/mol. The molecule has 0 spiro atoms. The number of halogens is 1. The Bertz CT molecular complexity index is 315. The van der Waals surface area contributed by atoms with Gasteiger partial charge < -0.3 is 15.2 Å². The van der Waals surface area contributed by atoms with Crippen LogP contribution in [-0.2, 0) is 6.61 Å². The number of hydrogen-bond donors (Lipinski definition) is 3. The molecule has 0 aliphatic carbocycles. The van der Waals surface area contributed by atoms with E-state index in [0.29, 0.717) is 0 Å². The van der Waals surface area contributed by atoms with E-state index in [9.17, 15) is 4.39 Å².